The first-order chi connectivity index (χ1) is 11.7. The summed E-state index contributed by atoms with van der Waals surface area (Å²) < 4.78 is 5.61. The highest BCUT2D eigenvalue weighted by Gasteiger charge is 2.05. The third kappa shape index (κ3) is 4.14. The molecular formula is C18H17ClN4O. The lowest BCUT2D eigenvalue weighted by molar-refractivity contribution is 0.342. The predicted molar refractivity (Wildman–Crippen MR) is 97.7 cm³/mol. The average molecular weight is 341 g/mol. The van der Waals surface area contributed by atoms with E-state index in [1.807, 2.05) is 61.5 Å². The standard InChI is InChI=1S/C18H17ClN4O/c1-2-24-16-6-4-3-5-15(16)23-18-11-17(20-12-21-18)22-14-9-7-13(19)8-10-14/h3-12H,2H2,1H3,(H2,20,21,22,23). The fourth-order valence-corrected chi connectivity index (χ4v) is 2.29. The summed E-state index contributed by atoms with van der Waals surface area (Å²) in [5.41, 5.74) is 1.76. The van der Waals surface area contributed by atoms with Gasteiger partial charge in [0.05, 0.1) is 12.3 Å². The summed E-state index contributed by atoms with van der Waals surface area (Å²) in [5, 5.41) is 7.16. The number of nitrogens with zero attached hydrogens (tertiary/aromatic N) is 2. The molecule has 0 spiro atoms. The molecule has 0 atom stereocenters. The van der Waals surface area contributed by atoms with Gasteiger partial charge in [-0.3, -0.25) is 0 Å². The van der Waals surface area contributed by atoms with E-state index >= 15 is 0 Å². The highest BCUT2D eigenvalue weighted by atomic mass is 35.5. The third-order valence-corrected chi connectivity index (χ3v) is 3.49. The minimum Gasteiger partial charge on any atom is -0.492 e. The molecule has 24 heavy (non-hydrogen) atoms. The van der Waals surface area contributed by atoms with Crippen LogP contribution in [0.25, 0.3) is 0 Å². The van der Waals surface area contributed by atoms with E-state index in [1.54, 1.807) is 0 Å². The molecule has 3 rings (SSSR count). The number of hydrogen-bond donors (Lipinski definition) is 2. The van der Waals surface area contributed by atoms with Crippen molar-refractivity contribution in [2.45, 2.75) is 6.92 Å². The first kappa shape index (κ1) is 16.1. The van der Waals surface area contributed by atoms with E-state index in [4.69, 9.17) is 16.3 Å². The maximum absolute atomic E-state index is 5.90. The summed E-state index contributed by atoms with van der Waals surface area (Å²) >= 11 is 5.90. The molecule has 0 fully saturated rings. The van der Waals surface area contributed by atoms with Gasteiger partial charge in [-0.25, -0.2) is 9.97 Å². The fourth-order valence-electron chi connectivity index (χ4n) is 2.16. The number of aromatic nitrogens is 2. The summed E-state index contributed by atoms with van der Waals surface area (Å²) in [6.07, 6.45) is 1.50. The van der Waals surface area contributed by atoms with Crippen LogP contribution in [0, 0.1) is 0 Å². The van der Waals surface area contributed by atoms with Gasteiger partial charge in [0, 0.05) is 16.8 Å². The molecule has 6 heteroatoms. The highest BCUT2D eigenvalue weighted by Crippen LogP contribution is 2.27. The Morgan fingerprint density at radius 3 is 2.42 bits per heavy atom. The Labute approximate surface area is 145 Å². The van der Waals surface area contributed by atoms with Gasteiger partial charge in [-0.05, 0) is 43.3 Å². The molecule has 0 aliphatic carbocycles. The maximum Gasteiger partial charge on any atom is 0.142 e. The van der Waals surface area contributed by atoms with Crippen LogP contribution in [0.1, 0.15) is 6.92 Å². The molecule has 1 aromatic heterocycles. The number of nitrogens with one attached hydrogen (secondary N) is 2. The zero-order valence-electron chi connectivity index (χ0n) is 13.2. The summed E-state index contributed by atoms with van der Waals surface area (Å²) in [4.78, 5) is 8.48. The van der Waals surface area contributed by atoms with Crippen molar-refractivity contribution >= 4 is 34.6 Å². The summed E-state index contributed by atoms with van der Waals surface area (Å²) in [6.45, 7) is 2.56. The van der Waals surface area contributed by atoms with Gasteiger partial charge in [-0.1, -0.05) is 23.7 Å². The smallest absolute Gasteiger partial charge is 0.142 e. The summed E-state index contributed by atoms with van der Waals surface area (Å²) in [5.74, 6) is 2.14. The third-order valence-electron chi connectivity index (χ3n) is 3.23. The number of halogens is 1. The lowest BCUT2D eigenvalue weighted by atomic mass is 10.3. The van der Waals surface area contributed by atoms with Crippen molar-refractivity contribution in [3.05, 3.63) is 65.9 Å². The van der Waals surface area contributed by atoms with Crippen molar-refractivity contribution in [3.8, 4) is 5.75 Å². The molecule has 122 valence electrons. The van der Waals surface area contributed by atoms with Crippen LogP contribution in [0.2, 0.25) is 5.02 Å². The second kappa shape index (κ2) is 7.66. The molecule has 2 aromatic carbocycles. The fraction of sp³-hybridized carbons (Fsp3) is 0.111. The van der Waals surface area contributed by atoms with Crippen molar-refractivity contribution in [3.63, 3.8) is 0 Å². The monoisotopic (exact) mass is 340 g/mol. The minimum atomic E-state index is 0.603. The largest absolute Gasteiger partial charge is 0.492 e. The number of anilines is 4. The SMILES string of the molecule is CCOc1ccccc1Nc1cc(Nc2ccc(Cl)cc2)ncn1. The molecule has 3 aromatic rings. The zero-order valence-corrected chi connectivity index (χ0v) is 13.9. The Morgan fingerprint density at radius 1 is 0.958 bits per heavy atom. The van der Waals surface area contributed by atoms with Crippen molar-refractivity contribution in [1.82, 2.24) is 9.97 Å². The first-order valence-electron chi connectivity index (χ1n) is 7.58. The van der Waals surface area contributed by atoms with Crippen LogP contribution in [-0.4, -0.2) is 16.6 Å². The van der Waals surface area contributed by atoms with Crippen LogP contribution in [0.15, 0.2) is 60.9 Å². The predicted octanol–water partition coefficient (Wildman–Crippen LogP) is 5.02. The number of ether oxygens (including phenoxy) is 1. The van der Waals surface area contributed by atoms with Gasteiger partial charge in [-0.15, -0.1) is 0 Å². The van der Waals surface area contributed by atoms with Crippen molar-refractivity contribution in [2.24, 2.45) is 0 Å². The lowest BCUT2D eigenvalue weighted by Crippen LogP contribution is -2.01. The topological polar surface area (TPSA) is 59.1 Å². The van der Waals surface area contributed by atoms with Gasteiger partial charge < -0.3 is 15.4 Å². The van der Waals surface area contributed by atoms with Crippen molar-refractivity contribution in [1.29, 1.82) is 0 Å². The minimum absolute atomic E-state index is 0.603. The molecule has 0 amide bonds. The number of hydrogen-bond acceptors (Lipinski definition) is 5. The van der Waals surface area contributed by atoms with Gasteiger partial charge >= 0.3 is 0 Å². The van der Waals surface area contributed by atoms with Crippen LogP contribution >= 0.6 is 11.6 Å². The molecule has 0 saturated heterocycles. The molecule has 0 bridgehead atoms. The van der Waals surface area contributed by atoms with E-state index in [9.17, 15) is 0 Å². The normalized spacial score (nSPS) is 10.2. The van der Waals surface area contributed by atoms with E-state index in [-0.39, 0.29) is 0 Å². The van der Waals surface area contributed by atoms with Gasteiger partial charge in [0.15, 0.2) is 0 Å². The Bertz CT molecular complexity index is 808. The Kier molecular flexibility index (Phi) is 5.13. The molecule has 5 nitrogen and oxygen atoms in total. The number of benzene rings is 2. The van der Waals surface area contributed by atoms with Crippen molar-refractivity contribution < 1.29 is 4.74 Å². The average Bonchev–Trinajstić information content (AvgIpc) is 2.59. The second-order valence-corrected chi connectivity index (χ2v) is 5.41. The van der Waals surface area contributed by atoms with E-state index in [2.05, 4.69) is 20.6 Å². The summed E-state index contributed by atoms with van der Waals surface area (Å²) in [7, 11) is 0. The second-order valence-electron chi connectivity index (χ2n) is 4.97. The molecule has 0 aliphatic rings. The van der Waals surface area contributed by atoms with E-state index < -0.39 is 0 Å². The number of rotatable bonds is 6. The van der Waals surface area contributed by atoms with E-state index in [1.165, 1.54) is 6.33 Å². The molecule has 2 N–H and O–H groups in total. The van der Waals surface area contributed by atoms with Crippen LogP contribution in [0.5, 0.6) is 5.75 Å². The molecule has 0 saturated carbocycles. The van der Waals surface area contributed by atoms with Gasteiger partial charge in [0.1, 0.15) is 23.7 Å². The maximum atomic E-state index is 5.90. The molecule has 1 heterocycles. The Morgan fingerprint density at radius 2 is 1.67 bits per heavy atom. The van der Waals surface area contributed by atoms with Crippen LogP contribution < -0.4 is 15.4 Å². The van der Waals surface area contributed by atoms with E-state index in [0.29, 0.717) is 23.3 Å². The summed E-state index contributed by atoms with van der Waals surface area (Å²) in [6, 6.07) is 17.0. The lowest BCUT2D eigenvalue weighted by Gasteiger charge is -2.12. The Hall–Kier alpha value is -2.79. The molecule has 0 radical (unpaired) electrons. The van der Waals surface area contributed by atoms with Gasteiger partial charge in [-0.2, -0.15) is 0 Å². The quantitative estimate of drug-likeness (QED) is 0.660. The van der Waals surface area contributed by atoms with Crippen LogP contribution in [0.4, 0.5) is 23.0 Å². The number of para-hydroxylation sites is 2. The molecule has 0 aliphatic heterocycles. The highest BCUT2D eigenvalue weighted by molar-refractivity contribution is 6.30. The zero-order chi connectivity index (χ0) is 16.8. The van der Waals surface area contributed by atoms with E-state index in [0.717, 1.165) is 17.1 Å². The molecule has 0 unspecified atom stereocenters. The van der Waals surface area contributed by atoms with Gasteiger partial charge in [0.2, 0.25) is 0 Å². The van der Waals surface area contributed by atoms with Crippen LogP contribution in [-0.2, 0) is 0 Å². The van der Waals surface area contributed by atoms with Gasteiger partial charge in [0.25, 0.3) is 0 Å². The van der Waals surface area contributed by atoms with Crippen LogP contribution in [0.3, 0.4) is 0 Å². The molecular weight excluding hydrogens is 324 g/mol. The first-order valence-corrected chi connectivity index (χ1v) is 7.96. The van der Waals surface area contributed by atoms with Crippen molar-refractivity contribution in [2.75, 3.05) is 17.2 Å². The Balaban J connectivity index is 1.77.